The van der Waals surface area contributed by atoms with Gasteiger partial charge in [-0.25, -0.2) is 21.9 Å². The average Bonchev–Trinajstić information content (AvgIpc) is 3.33. The number of amides is 3. The fraction of sp³-hybridized carbons (Fsp3) is 0.286. The van der Waals surface area contributed by atoms with Crippen LogP contribution in [0.5, 0.6) is 0 Å². The first-order valence-corrected chi connectivity index (χ1v) is 11.3. The van der Waals surface area contributed by atoms with Gasteiger partial charge < -0.3 is 10.2 Å². The molecule has 1 N–H and O–H groups in total. The van der Waals surface area contributed by atoms with Crippen molar-refractivity contribution in [3.05, 3.63) is 59.7 Å². The Morgan fingerprint density at radius 3 is 2.81 bits per heavy atom. The van der Waals surface area contributed by atoms with Gasteiger partial charge in [0.2, 0.25) is 5.91 Å². The van der Waals surface area contributed by atoms with E-state index < -0.39 is 34.3 Å². The first kappa shape index (κ1) is 19.7. The molecule has 1 fully saturated rings. The minimum atomic E-state index is -4.34. The molecule has 160 valence electrons. The SMILES string of the molecule is Cc1cc(C2=C[C@@H]3C[C@H]2CN3C(=O)CN2C(=O)Nc3ccc(F)cc3S2(=O)=O)ccn1. The van der Waals surface area contributed by atoms with E-state index in [0.29, 0.717) is 10.8 Å². The molecule has 0 unspecified atom stereocenters. The van der Waals surface area contributed by atoms with Gasteiger partial charge in [-0.3, -0.25) is 9.78 Å². The van der Waals surface area contributed by atoms with E-state index in [-0.39, 0.29) is 22.5 Å². The minimum absolute atomic E-state index is 0.00412. The maximum absolute atomic E-state index is 13.6. The Morgan fingerprint density at radius 2 is 2.10 bits per heavy atom. The second-order valence-corrected chi connectivity index (χ2v) is 9.77. The van der Waals surface area contributed by atoms with Crippen LogP contribution in [0, 0.1) is 18.7 Å². The number of fused-ring (bicyclic) bond motifs is 3. The third-order valence-corrected chi connectivity index (χ3v) is 7.73. The van der Waals surface area contributed by atoms with E-state index in [9.17, 15) is 22.4 Å². The summed E-state index contributed by atoms with van der Waals surface area (Å²) in [6.07, 6.45) is 4.53. The number of anilines is 1. The zero-order valence-electron chi connectivity index (χ0n) is 16.6. The summed E-state index contributed by atoms with van der Waals surface area (Å²) in [5, 5.41) is 2.41. The van der Waals surface area contributed by atoms with Gasteiger partial charge in [0.05, 0.1) is 11.7 Å². The number of aryl methyl sites for hydroxylation is 1. The molecule has 0 radical (unpaired) electrons. The Kier molecular flexibility index (Phi) is 4.37. The number of benzene rings is 1. The largest absolute Gasteiger partial charge is 0.336 e. The highest BCUT2D eigenvalue weighted by molar-refractivity contribution is 7.90. The molecule has 3 heterocycles. The third-order valence-electron chi connectivity index (χ3n) is 5.96. The standard InChI is InChI=1S/C21H19FN4O4S/c1-12-6-13(4-5-23-12)17-9-16-7-14(17)10-25(16)20(27)11-26-21(28)24-18-3-2-15(22)8-19(18)31(26,29)30/h2-6,8-9,14,16H,7,10-11H2,1H3,(H,24,28)/t14-,16-/m0/s1. The van der Waals surface area contributed by atoms with E-state index in [1.54, 1.807) is 11.1 Å². The van der Waals surface area contributed by atoms with Gasteiger partial charge in [-0.15, -0.1) is 0 Å². The molecule has 10 heteroatoms. The molecule has 0 spiro atoms. The fourth-order valence-electron chi connectivity index (χ4n) is 4.53. The molecule has 8 nitrogen and oxygen atoms in total. The maximum Gasteiger partial charge on any atom is 0.336 e. The molecular formula is C21H19FN4O4S. The number of carbonyl (C=O) groups excluding carboxylic acids is 2. The molecule has 1 aliphatic carbocycles. The summed E-state index contributed by atoms with van der Waals surface area (Å²) < 4.78 is 39.8. The molecule has 1 saturated heterocycles. The molecule has 2 bridgehead atoms. The van der Waals surface area contributed by atoms with Gasteiger partial charge in [-0.05, 0) is 54.8 Å². The van der Waals surface area contributed by atoms with Crippen molar-refractivity contribution in [2.24, 2.45) is 5.92 Å². The monoisotopic (exact) mass is 442 g/mol. The molecule has 3 amide bonds. The van der Waals surface area contributed by atoms with Crippen LogP contribution in [0.4, 0.5) is 14.9 Å². The van der Waals surface area contributed by atoms with E-state index in [1.165, 1.54) is 6.07 Å². The summed E-state index contributed by atoms with van der Waals surface area (Å²) in [6, 6.07) is 5.94. The number of nitrogens with zero attached hydrogens (tertiary/aromatic N) is 3. The van der Waals surface area contributed by atoms with Gasteiger partial charge in [0.25, 0.3) is 10.0 Å². The van der Waals surface area contributed by atoms with Crippen molar-refractivity contribution >= 4 is 33.2 Å². The lowest BCUT2D eigenvalue weighted by molar-refractivity contribution is -0.131. The lowest BCUT2D eigenvalue weighted by atomic mass is 9.95. The first-order valence-electron chi connectivity index (χ1n) is 9.81. The molecule has 2 atom stereocenters. The van der Waals surface area contributed by atoms with Crippen molar-refractivity contribution in [3.8, 4) is 0 Å². The Bertz CT molecular complexity index is 1260. The van der Waals surface area contributed by atoms with E-state index in [2.05, 4.69) is 10.3 Å². The number of likely N-dealkylation sites (tertiary alicyclic amines) is 1. The predicted octanol–water partition coefficient (Wildman–Crippen LogP) is 2.38. The van der Waals surface area contributed by atoms with E-state index in [1.807, 2.05) is 25.1 Å². The van der Waals surface area contributed by atoms with Crippen LogP contribution in [-0.2, 0) is 14.8 Å². The Hall–Kier alpha value is -3.27. The van der Waals surface area contributed by atoms with Crippen LogP contribution in [0.3, 0.4) is 0 Å². The van der Waals surface area contributed by atoms with Crippen molar-refractivity contribution in [1.29, 1.82) is 0 Å². The number of nitrogens with one attached hydrogen (secondary N) is 1. The van der Waals surface area contributed by atoms with E-state index in [4.69, 9.17) is 0 Å². The molecule has 1 aromatic carbocycles. The van der Waals surface area contributed by atoms with Crippen LogP contribution in [0.1, 0.15) is 17.7 Å². The van der Waals surface area contributed by atoms with Crippen LogP contribution in [0.15, 0.2) is 47.5 Å². The summed E-state index contributed by atoms with van der Waals surface area (Å²) in [7, 11) is -4.34. The zero-order valence-corrected chi connectivity index (χ0v) is 17.4. The summed E-state index contributed by atoms with van der Waals surface area (Å²) in [5.41, 5.74) is 3.14. The van der Waals surface area contributed by atoms with Crippen LogP contribution >= 0.6 is 0 Å². The number of hydrogen-bond donors (Lipinski definition) is 1. The van der Waals surface area contributed by atoms with Crippen molar-refractivity contribution in [2.45, 2.75) is 24.3 Å². The smallest absolute Gasteiger partial charge is 0.334 e. The quantitative estimate of drug-likeness (QED) is 0.787. The fourth-order valence-corrected chi connectivity index (χ4v) is 5.97. The molecule has 1 aromatic heterocycles. The summed E-state index contributed by atoms with van der Waals surface area (Å²) in [5.74, 6) is -1.06. The number of sulfonamides is 1. The lowest BCUT2D eigenvalue weighted by Gasteiger charge is -2.32. The van der Waals surface area contributed by atoms with Crippen LogP contribution in [0.25, 0.3) is 5.57 Å². The number of hydrogen-bond acceptors (Lipinski definition) is 5. The lowest BCUT2D eigenvalue weighted by Crippen LogP contribution is -2.50. The van der Waals surface area contributed by atoms with Crippen molar-refractivity contribution in [2.75, 3.05) is 18.4 Å². The number of urea groups is 1. The summed E-state index contributed by atoms with van der Waals surface area (Å²) in [4.78, 5) is 30.8. The molecule has 2 aromatic rings. The topological polar surface area (TPSA) is 99.7 Å². The van der Waals surface area contributed by atoms with Crippen LogP contribution in [0.2, 0.25) is 0 Å². The highest BCUT2D eigenvalue weighted by atomic mass is 32.2. The van der Waals surface area contributed by atoms with Gasteiger partial charge in [0.15, 0.2) is 0 Å². The summed E-state index contributed by atoms with van der Waals surface area (Å²) >= 11 is 0. The van der Waals surface area contributed by atoms with Gasteiger partial charge in [0, 0.05) is 24.4 Å². The number of halogens is 1. The van der Waals surface area contributed by atoms with Crippen LogP contribution < -0.4 is 5.32 Å². The number of aromatic nitrogens is 1. The van der Waals surface area contributed by atoms with Crippen molar-refractivity contribution < 1.29 is 22.4 Å². The Labute approximate surface area is 178 Å². The van der Waals surface area contributed by atoms with Crippen molar-refractivity contribution in [1.82, 2.24) is 14.2 Å². The maximum atomic E-state index is 13.6. The second kappa shape index (κ2) is 6.88. The highest BCUT2D eigenvalue weighted by Gasteiger charge is 2.44. The number of rotatable bonds is 3. The number of carbonyl (C=O) groups is 2. The van der Waals surface area contributed by atoms with Gasteiger partial charge in [0.1, 0.15) is 17.3 Å². The molecule has 3 aliphatic rings. The minimum Gasteiger partial charge on any atom is -0.334 e. The zero-order chi connectivity index (χ0) is 21.9. The second-order valence-electron chi connectivity index (χ2n) is 7.94. The molecule has 0 saturated carbocycles. The van der Waals surface area contributed by atoms with E-state index in [0.717, 1.165) is 35.4 Å². The van der Waals surface area contributed by atoms with Gasteiger partial charge >= 0.3 is 6.03 Å². The average molecular weight is 442 g/mol. The van der Waals surface area contributed by atoms with Gasteiger partial charge in [-0.2, -0.15) is 0 Å². The normalized spacial score (nSPS) is 23.4. The first-order chi connectivity index (χ1) is 14.7. The van der Waals surface area contributed by atoms with Gasteiger partial charge in [-0.1, -0.05) is 6.08 Å². The highest BCUT2D eigenvalue weighted by Crippen LogP contribution is 2.42. The van der Waals surface area contributed by atoms with Crippen LogP contribution in [-0.4, -0.2) is 53.7 Å². The third kappa shape index (κ3) is 3.18. The molecule has 2 aliphatic heterocycles. The van der Waals surface area contributed by atoms with Crippen molar-refractivity contribution in [3.63, 3.8) is 0 Å². The predicted molar refractivity (Wildman–Crippen MR) is 110 cm³/mol. The molecule has 31 heavy (non-hydrogen) atoms. The molecule has 5 rings (SSSR count). The molecular weight excluding hydrogens is 423 g/mol. The number of pyridine rings is 1. The Morgan fingerprint density at radius 1 is 1.29 bits per heavy atom. The summed E-state index contributed by atoms with van der Waals surface area (Å²) in [6.45, 7) is 1.74. The Balaban J connectivity index is 1.36. The van der Waals surface area contributed by atoms with E-state index >= 15 is 0 Å².